The van der Waals surface area contributed by atoms with Gasteiger partial charge in [0, 0.05) is 18.6 Å². The highest BCUT2D eigenvalue weighted by molar-refractivity contribution is 7.89. The molecule has 2 N–H and O–H groups in total. The van der Waals surface area contributed by atoms with E-state index in [1.807, 2.05) is 0 Å². The summed E-state index contributed by atoms with van der Waals surface area (Å²) in [5.41, 5.74) is 0.587. The molecule has 0 aromatic carbocycles. The van der Waals surface area contributed by atoms with Gasteiger partial charge in [0.15, 0.2) is 0 Å². The van der Waals surface area contributed by atoms with Crippen molar-refractivity contribution in [3.63, 3.8) is 0 Å². The number of nitrogens with zero attached hydrogens (tertiary/aromatic N) is 2. The molecule has 0 amide bonds. The van der Waals surface area contributed by atoms with Gasteiger partial charge in [-0.25, -0.2) is 13.1 Å². The second kappa shape index (κ2) is 4.32. The molecule has 2 unspecified atom stereocenters. The van der Waals surface area contributed by atoms with Crippen molar-refractivity contribution in [3.05, 3.63) is 11.9 Å². The average molecular weight is 270 g/mol. The molecule has 2 aliphatic heterocycles. The normalized spacial score (nSPS) is 28.7. The lowest BCUT2D eigenvalue weighted by Crippen LogP contribution is -2.42. The van der Waals surface area contributed by atoms with Crippen molar-refractivity contribution in [1.82, 2.24) is 19.8 Å². The van der Waals surface area contributed by atoms with E-state index in [4.69, 9.17) is 0 Å². The lowest BCUT2D eigenvalue weighted by Gasteiger charge is -2.20. The standard InChI is InChI=1S/C11H18N4O2S/c1-8-11(7-12-13-8)18(16,17)14-9-4-6-15-5-2-3-10(9)15/h7,9-10,14H,2-6H2,1H3,(H,12,13). The van der Waals surface area contributed by atoms with Gasteiger partial charge in [-0.3, -0.25) is 10.00 Å². The van der Waals surface area contributed by atoms with Gasteiger partial charge in [-0.1, -0.05) is 0 Å². The molecule has 2 saturated heterocycles. The predicted molar refractivity (Wildman–Crippen MR) is 66.6 cm³/mol. The van der Waals surface area contributed by atoms with E-state index in [2.05, 4.69) is 19.8 Å². The Morgan fingerprint density at radius 3 is 3.00 bits per heavy atom. The number of rotatable bonds is 3. The van der Waals surface area contributed by atoms with Crippen molar-refractivity contribution in [2.45, 2.75) is 43.2 Å². The van der Waals surface area contributed by atoms with Crippen molar-refractivity contribution in [1.29, 1.82) is 0 Å². The van der Waals surface area contributed by atoms with Gasteiger partial charge >= 0.3 is 0 Å². The Morgan fingerprint density at radius 2 is 2.28 bits per heavy atom. The van der Waals surface area contributed by atoms with Crippen LogP contribution in [0.4, 0.5) is 0 Å². The number of sulfonamides is 1. The molecule has 0 saturated carbocycles. The van der Waals surface area contributed by atoms with E-state index in [9.17, 15) is 8.42 Å². The van der Waals surface area contributed by atoms with Gasteiger partial charge in [-0.15, -0.1) is 0 Å². The van der Waals surface area contributed by atoms with Crippen LogP contribution >= 0.6 is 0 Å². The molecule has 3 heterocycles. The van der Waals surface area contributed by atoms with Crippen LogP contribution in [-0.2, 0) is 10.0 Å². The molecular formula is C11H18N4O2S. The third kappa shape index (κ3) is 1.96. The van der Waals surface area contributed by atoms with E-state index in [1.54, 1.807) is 6.92 Å². The van der Waals surface area contributed by atoms with Gasteiger partial charge in [0.2, 0.25) is 10.0 Å². The molecule has 1 aromatic heterocycles. The van der Waals surface area contributed by atoms with E-state index in [1.165, 1.54) is 12.6 Å². The predicted octanol–water partition coefficient (Wildman–Crippen LogP) is 0.233. The third-order valence-corrected chi connectivity index (χ3v) is 5.59. The highest BCUT2D eigenvalue weighted by atomic mass is 32.2. The Kier molecular flexibility index (Phi) is 2.91. The summed E-state index contributed by atoms with van der Waals surface area (Å²) in [4.78, 5) is 2.65. The summed E-state index contributed by atoms with van der Waals surface area (Å²) in [6.45, 7) is 3.83. The first-order valence-corrected chi connectivity index (χ1v) is 7.82. The zero-order valence-corrected chi connectivity index (χ0v) is 11.2. The van der Waals surface area contributed by atoms with Crippen LogP contribution in [0.25, 0.3) is 0 Å². The van der Waals surface area contributed by atoms with Crippen LogP contribution in [0.15, 0.2) is 11.1 Å². The second-order valence-electron chi connectivity index (χ2n) is 5.12. The fourth-order valence-corrected chi connectivity index (χ4v) is 4.53. The summed E-state index contributed by atoms with van der Waals surface area (Å²) in [5, 5.41) is 6.44. The molecule has 2 fully saturated rings. The average Bonchev–Trinajstić information content (AvgIpc) is 2.96. The molecule has 7 heteroatoms. The Labute approximate surface area is 107 Å². The smallest absolute Gasteiger partial charge is 0.244 e. The van der Waals surface area contributed by atoms with Crippen molar-refractivity contribution in [2.24, 2.45) is 0 Å². The monoisotopic (exact) mass is 270 g/mol. The maximum absolute atomic E-state index is 12.3. The number of aromatic amines is 1. The lowest BCUT2D eigenvalue weighted by atomic mass is 10.1. The maximum atomic E-state index is 12.3. The molecule has 3 rings (SSSR count). The van der Waals surface area contributed by atoms with Crippen LogP contribution in [0.5, 0.6) is 0 Å². The van der Waals surface area contributed by atoms with Gasteiger partial charge < -0.3 is 0 Å². The fourth-order valence-electron chi connectivity index (χ4n) is 3.09. The van der Waals surface area contributed by atoms with Crippen LogP contribution in [-0.4, -0.2) is 48.7 Å². The van der Waals surface area contributed by atoms with Gasteiger partial charge in [0.25, 0.3) is 0 Å². The van der Waals surface area contributed by atoms with E-state index < -0.39 is 10.0 Å². The largest absolute Gasteiger partial charge is 0.299 e. The maximum Gasteiger partial charge on any atom is 0.244 e. The lowest BCUT2D eigenvalue weighted by molar-refractivity contribution is 0.309. The summed E-state index contributed by atoms with van der Waals surface area (Å²) in [6.07, 6.45) is 4.55. The molecule has 0 bridgehead atoms. The Morgan fingerprint density at radius 1 is 1.44 bits per heavy atom. The summed E-state index contributed by atoms with van der Waals surface area (Å²) >= 11 is 0. The van der Waals surface area contributed by atoms with Crippen LogP contribution < -0.4 is 4.72 Å². The molecule has 1 aromatic rings. The Bertz CT molecular complexity index is 539. The van der Waals surface area contributed by atoms with Crippen LogP contribution in [0.1, 0.15) is 25.0 Å². The minimum atomic E-state index is -3.44. The summed E-state index contributed by atoms with van der Waals surface area (Å²) in [6, 6.07) is 0.429. The summed E-state index contributed by atoms with van der Waals surface area (Å²) < 4.78 is 27.4. The molecule has 18 heavy (non-hydrogen) atoms. The van der Waals surface area contributed by atoms with Crippen molar-refractivity contribution >= 4 is 10.0 Å². The first-order chi connectivity index (χ1) is 8.58. The Balaban J connectivity index is 1.79. The number of hydrogen-bond donors (Lipinski definition) is 2. The molecule has 2 atom stereocenters. The molecule has 0 aliphatic carbocycles. The van der Waals surface area contributed by atoms with Gasteiger partial charge in [-0.05, 0) is 32.7 Å². The molecular weight excluding hydrogens is 252 g/mol. The first kappa shape index (κ1) is 12.1. The zero-order chi connectivity index (χ0) is 12.8. The van der Waals surface area contributed by atoms with Crippen molar-refractivity contribution in [3.8, 4) is 0 Å². The highest BCUT2D eigenvalue weighted by Crippen LogP contribution is 2.29. The Hall–Kier alpha value is -0.920. The second-order valence-corrected chi connectivity index (χ2v) is 6.80. The number of aromatic nitrogens is 2. The van der Waals surface area contributed by atoms with Crippen molar-refractivity contribution in [2.75, 3.05) is 13.1 Å². The van der Waals surface area contributed by atoms with Gasteiger partial charge in [0.05, 0.1) is 11.9 Å². The minimum Gasteiger partial charge on any atom is -0.299 e. The number of H-pyrrole nitrogens is 1. The third-order valence-electron chi connectivity index (χ3n) is 3.99. The summed E-state index contributed by atoms with van der Waals surface area (Å²) in [7, 11) is -3.44. The SMILES string of the molecule is Cc1[nH]ncc1S(=O)(=O)NC1CCN2CCCC12. The van der Waals surface area contributed by atoms with Crippen LogP contribution in [0.3, 0.4) is 0 Å². The number of nitrogens with one attached hydrogen (secondary N) is 2. The molecule has 0 radical (unpaired) electrons. The van der Waals surface area contributed by atoms with Crippen LogP contribution in [0.2, 0.25) is 0 Å². The number of hydrogen-bond acceptors (Lipinski definition) is 4. The van der Waals surface area contributed by atoms with E-state index in [0.29, 0.717) is 11.7 Å². The van der Waals surface area contributed by atoms with E-state index in [-0.39, 0.29) is 10.9 Å². The molecule has 2 aliphatic rings. The van der Waals surface area contributed by atoms with Gasteiger partial charge in [0.1, 0.15) is 4.90 Å². The summed E-state index contributed by atoms with van der Waals surface area (Å²) in [5.74, 6) is 0. The molecule has 6 nitrogen and oxygen atoms in total. The quantitative estimate of drug-likeness (QED) is 0.824. The topological polar surface area (TPSA) is 78.1 Å². The molecule has 100 valence electrons. The highest BCUT2D eigenvalue weighted by Gasteiger charge is 2.39. The van der Waals surface area contributed by atoms with E-state index in [0.717, 1.165) is 25.9 Å². The number of fused-ring (bicyclic) bond motifs is 1. The van der Waals surface area contributed by atoms with Crippen LogP contribution in [0, 0.1) is 6.92 Å². The zero-order valence-electron chi connectivity index (χ0n) is 10.4. The fraction of sp³-hybridized carbons (Fsp3) is 0.727. The van der Waals surface area contributed by atoms with Gasteiger partial charge in [-0.2, -0.15) is 5.10 Å². The van der Waals surface area contributed by atoms with E-state index >= 15 is 0 Å². The minimum absolute atomic E-state index is 0.0480. The van der Waals surface area contributed by atoms with Crippen molar-refractivity contribution < 1.29 is 8.42 Å². The molecule has 0 spiro atoms. The first-order valence-electron chi connectivity index (χ1n) is 6.34. The number of aryl methyl sites for hydroxylation is 1.